The molecule has 122 valence electrons. The minimum absolute atomic E-state index is 0.301. The quantitative estimate of drug-likeness (QED) is 0.917. The fourth-order valence-corrected chi connectivity index (χ4v) is 2.85. The first-order valence-corrected chi connectivity index (χ1v) is 7.62. The summed E-state index contributed by atoms with van der Waals surface area (Å²) < 4.78 is 16.1. The summed E-state index contributed by atoms with van der Waals surface area (Å²) in [6, 6.07) is 6.26. The van der Waals surface area contributed by atoms with E-state index in [4.69, 9.17) is 0 Å². The molecule has 0 amide bonds. The number of hydrogen-bond donors (Lipinski definition) is 1. The van der Waals surface area contributed by atoms with Crippen molar-refractivity contribution in [3.8, 4) is 11.4 Å². The van der Waals surface area contributed by atoms with Gasteiger partial charge >= 0.3 is 0 Å². The smallest absolute Gasteiger partial charge is 0.223 e. The first-order chi connectivity index (χ1) is 11.0. The number of benzene rings is 1. The van der Waals surface area contributed by atoms with E-state index in [9.17, 15) is 14.3 Å². The maximum Gasteiger partial charge on any atom is 0.223 e. The van der Waals surface area contributed by atoms with E-state index in [-0.39, 0.29) is 11.6 Å². The van der Waals surface area contributed by atoms with E-state index in [1.54, 1.807) is 29.8 Å². The zero-order chi connectivity index (χ0) is 16.6. The molecular formula is C17H20FN3O2. The Morgan fingerprint density at radius 3 is 2.48 bits per heavy atom. The molecule has 0 saturated carbocycles. The van der Waals surface area contributed by atoms with Gasteiger partial charge in [-0.2, -0.15) is 0 Å². The first kappa shape index (κ1) is 15.6. The Bertz CT molecular complexity index is 780. The van der Waals surface area contributed by atoms with Crippen molar-refractivity contribution in [3.05, 3.63) is 52.2 Å². The molecule has 0 spiro atoms. The van der Waals surface area contributed by atoms with E-state index in [2.05, 4.69) is 11.9 Å². The van der Waals surface area contributed by atoms with Gasteiger partial charge in [0.05, 0.1) is 11.4 Å². The van der Waals surface area contributed by atoms with Crippen molar-refractivity contribution in [1.82, 2.24) is 9.47 Å². The Labute approximate surface area is 134 Å². The summed E-state index contributed by atoms with van der Waals surface area (Å²) in [4.78, 5) is 15.7. The number of anilines is 1. The van der Waals surface area contributed by atoms with Crippen LogP contribution in [0.5, 0.6) is 5.75 Å². The summed E-state index contributed by atoms with van der Waals surface area (Å²) >= 11 is 0. The first-order valence-electron chi connectivity index (χ1n) is 7.62. The second-order valence-electron chi connectivity index (χ2n) is 5.91. The molecule has 1 N–H and O–H groups in total. The Balaban J connectivity index is 1.94. The lowest BCUT2D eigenvalue weighted by Gasteiger charge is -2.34. The lowest BCUT2D eigenvalue weighted by molar-refractivity contribution is 0.311. The molecule has 6 heteroatoms. The summed E-state index contributed by atoms with van der Waals surface area (Å²) in [5.41, 5.74) is 1.12. The molecule has 23 heavy (non-hydrogen) atoms. The van der Waals surface area contributed by atoms with E-state index < -0.39 is 5.43 Å². The largest absolute Gasteiger partial charge is 0.503 e. The molecule has 2 aromatic rings. The predicted octanol–water partition coefficient (Wildman–Crippen LogP) is 1.74. The van der Waals surface area contributed by atoms with Gasteiger partial charge in [-0.3, -0.25) is 4.79 Å². The van der Waals surface area contributed by atoms with Crippen molar-refractivity contribution in [2.24, 2.45) is 0 Å². The van der Waals surface area contributed by atoms with Crippen LogP contribution in [0, 0.1) is 12.7 Å². The molecule has 0 unspecified atom stereocenters. The highest BCUT2D eigenvalue weighted by Crippen LogP contribution is 2.24. The zero-order valence-electron chi connectivity index (χ0n) is 13.3. The lowest BCUT2D eigenvalue weighted by Crippen LogP contribution is -2.44. The van der Waals surface area contributed by atoms with Crippen molar-refractivity contribution in [2.45, 2.75) is 6.92 Å². The van der Waals surface area contributed by atoms with Gasteiger partial charge in [-0.25, -0.2) is 4.39 Å². The van der Waals surface area contributed by atoms with Gasteiger partial charge in [0.15, 0.2) is 5.75 Å². The molecule has 0 bridgehead atoms. The summed E-state index contributed by atoms with van der Waals surface area (Å²) in [5, 5.41) is 9.76. The second kappa shape index (κ2) is 6.04. The summed E-state index contributed by atoms with van der Waals surface area (Å²) in [5.74, 6) is -0.610. The van der Waals surface area contributed by atoms with Crippen LogP contribution in [-0.4, -0.2) is 47.8 Å². The predicted molar refractivity (Wildman–Crippen MR) is 88.1 cm³/mol. The van der Waals surface area contributed by atoms with E-state index in [0.717, 1.165) is 26.2 Å². The van der Waals surface area contributed by atoms with E-state index in [1.165, 1.54) is 12.1 Å². The van der Waals surface area contributed by atoms with Gasteiger partial charge in [0.2, 0.25) is 5.43 Å². The number of piperazine rings is 1. The minimum Gasteiger partial charge on any atom is -0.503 e. The molecule has 1 aromatic heterocycles. The van der Waals surface area contributed by atoms with Crippen LogP contribution < -0.4 is 10.3 Å². The zero-order valence-corrected chi connectivity index (χ0v) is 13.3. The number of aromatic nitrogens is 1. The Morgan fingerprint density at radius 1 is 1.13 bits per heavy atom. The molecule has 0 atom stereocenters. The average molecular weight is 317 g/mol. The number of rotatable bonds is 2. The van der Waals surface area contributed by atoms with Crippen LogP contribution >= 0.6 is 0 Å². The average Bonchev–Trinajstić information content (AvgIpc) is 2.54. The van der Waals surface area contributed by atoms with Crippen LogP contribution in [0.2, 0.25) is 0 Å². The molecule has 1 fully saturated rings. The standard InChI is InChI=1S/C17H20FN3O2/c1-12-17(23)16(22)5-6-21(12)13-3-4-15(14(18)11-13)20-9-7-19(2)8-10-20/h3-6,11,23H,7-10H2,1-2H3. The third-order valence-corrected chi connectivity index (χ3v) is 4.37. The van der Waals surface area contributed by atoms with Crippen molar-refractivity contribution in [3.63, 3.8) is 0 Å². The van der Waals surface area contributed by atoms with E-state index in [1.807, 2.05) is 4.90 Å². The fourth-order valence-electron chi connectivity index (χ4n) is 2.85. The van der Waals surface area contributed by atoms with Gasteiger partial charge in [0, 0.05) is 50.2 Å². The van der Waals surface area contributed by atoms with E-state index in [0.29, 0.717) is 17.1 Å². The molecule has 1 aliphatic heterocycles. The fraction of sp³-hybridized carbons (Fsp3) is 0.353. The SMILES string of the molecule is Cc1c(O)c(=O)ccn1-c1ccc(N2CCN(C)CC2)c(F)c1. The molecule has 1 aromatic carbocycles. The number of halogens is 1. The van der Waals surface area contributed by atoms with Crippen LogP contribution in [0.15, 0.2) is 35.3 Å². The second-order valence-corrected chi connectivity index (χ2v) is 5.91. The summed E-state index contributed by atoms with van der Waals surface area (Å²) in [7, 11) is 2.06. The Morgan fingerprint density at radius 2 is 1.83 bits per heavy atom. The highest BCUT2D eigenvalue weighted by atomic mass is 19.1. The van der Waals surface area contributed by atoms with Crippen molar-refractivity contribution >= 4 is 5.69 Å². The molecule has 1 saturated heterocycles. The number of nitrogens with zero attached hydrogens (tertiary/aromatic N) is 3. The number of likely N-dealkylation sites (N-methyl/N-ethyl adjacent to an activating group) is 1. The maximum atomic E-state index is 14.5. The lowest BCUT2D eigenvalue weighted by atomic mass is 10.2. The van der Waals surface area contributed by atoms with Gasteiger partial charge in [-0.1, -0.05) is 0 Å². The topological polar surface area (TPSA) is 48.7 Å². The molecule has 3 rings (SSSR count). The maximum absolute atomic E-state index is 14.5. The Hall–Kier alpha value is -2.34. The van der Waals surface area contributed by atoms with Crippen molar-refractivity contribution < 1.29 is 9.50 Å². The molecule has 1 aliphatic rings. The molecule has 2 heterocycles. The summed E-state index contributed by atoms with van der Waals surface area (Å²) in [6.07, 6.45) is 1.54. The van der Waals surface area contributed by atoms with Crippen molar-refractivity contribution in [2.75, 3.05) is 38.1 Å². The minimum atomic E-state index is -0.437. The number of hydrogen-bond acceptors (Lipinski definition) is 4. The molecule has 0 aliphatic carbocycles. The molecule has 0 radical (unpaired) electrons. The van der Waals surface area contributed by atoms with Crippen LogP contribution in [0.3, 0.4) is 0 Å². The third-order valence-electron chi connectivity index (χ3n) is 4.37. The van der Waals surface area contributed by atoms with Crippen LogP contribution in [-0.2, 0) is 0 Å². The number of aromatic hydroxyl groups is 1. The van der Waals surface area contributed by atoms with Gasteiger partial charge in [0.25, 0.3) is 0 Å². The van der Waals surface area contributed by atoms with Gasteiger partial charge < -0.3 is 19.5 Å². The van der Waals surface area contributed by atoms with Crippen LogP contribution in [0.25, 0.3) is 5.69 Å². The highest BCUT2D eigenvalue weighted by molar-refractivity contribution is 5.53. The van der Waals surface area contributed by atoms with Gasteiger partial charge in [-0.15, -0.1) is 0 Å². The van der Waals surface area contributed by atoms with Crippen LogP contribution in [0.4, 0.5) is 10.1 Å². The third kappa shape index (κ3) is 2.94. The monoisotopic (exact) mass is 317 g/mol. The van der Waals surface area contributed by atoms with Crippen molar-refractivity contribution in [1.29, 1.82) is 0 Å². The van der Waals surface area contributed by atoms with Crippen LogP contribution in [0.1, 0.15) is 5.69 Å². The Kier molecular flexibility index (Phi) is 4.09. The molecular weight excluding hydrogens is 297 g/mol. The van der Waals surface area contributed by atoms with Gasteiger partial charge in [0.1, 0.15) is 5.82 Å². The van der Waals surface area contributed by atoms with Gasteiger partial charge in [-0.05, 0) is 26.1 Å². The molecule has 5 nitrogen and oxygen atoms in total. The summed E-state index contributed by atoms with van der Waals surface area (Å²) in [6.45, 7) is 5.04. The highest BCUT2D eigenvalue weighted by Gasteiger charge is 2.18. The van der Waals surface area contributed by atoms with E-state index >= 15 is 0 Å². The number of pyridine rings is 1. The normalized spacial score (nSPS) is 15.9.